The molecule has 1 rings (SSSR count). The molecule has 0 radical (unpaired) electrons. The minimum absolute atomic E-state index is 0.190. The van der Waals surface area contributed by atoms with E-state index in [9.17, 15) is 14.4 Å². The Labute approximate surface area is 114 Å². The fraction of sp³-hybridized carbons (Fsp3) is 0.333. The number of carboxylic acids is 2. The van der Waals surface area contributed by atoms with Crippen molar-refractivity contribution in [2.24, 2.45) is 0 Å². The Morgan fingerprint density at radius 2 is 2.05 bits per heavy atom. The Morgan fingerprint density at radius 1 is 1.35 bits per heavy atom. The van der Waals surface area contributed by atoms with Crippen LogP contribution in [0, 0.1) is 6.92 Å². The van der Waals surface area contributed by atoms with E-state index in [1.165, 1.54) is 6.20 Å². The number of aliphatic carboxylic acids is 2. The number of urea groups is 1. The van der Waals surface area contributed by atoms with Gasteiger partial charge in [0.05, 0.1) is 11.9 Å². The summed E-state index contributed by atoms with van der Waals surface area (Å²) in [5, 5.41) is 22.1. The first-order chi connectivity index (χ1) is 9.40. The van der Waals surface area contributed by atoms with Gasteiger partial charge in [-0.2, -0.15) is 0 Å². The number of hydrogen-bond donors (Lipinski definition) is 4. The second kappa shape index (κ2) is 7.07. The third kappa shape index (κ3) is 4.92. The topological polar surface area (TPSA) is 129 Å². The van der Waals surface area contributed by atoms with Gasteiger partial charge in [-0.15, -0.1) is 0 Å². The average molecular weight is 281 g/mol. The summed E-state index contributed by atoms with van der Waals surface area (Å²) in [6.45, 7) is 1.76. The lowest BCUT2D eigenvalue weighted by Gasteiger charge is -2.14. The number of nitrogens with one attached hydrogen (secondary N) is 2. The van der Waals surface area contributed by atoms with Crippen molar-refractivity contribution in [2.45, 2.75) is 25.8 Å². The highest BCUT2D eigenvalue weighted by molar-refractivity contribution is 5.92. The number of nitrogens with zero attached hydrogens (tertiary/aromatic N) is 1. The van der Waals surface area contributed by atoms with Crippen LogP contribution in [0.4, 0.5) is 10.5 Å². The molecule has 1 aromatic heterocycles. The molecule has 108 valence electrons. The molecule has 0 fully saturated rings. The van der Waals surface area contributed by atoms with Crippen molar-refractivity contribution in [3.8, 4) is 0 Å². The number of carboxylic acid groups (broad SMARTS) is 2. The number of aryl methyl sites for hydroxylation is 1. The summed E-state index contributed by atoms with van der Waals surface area (Å²) in [6.07, 6.45) is 2.46. The van der Waals surface area contributed by atoms with Gasteiger partial charge in [0, 0.05) is 12.6 Å². The van der Waals surface area contributed by atoms with Gasteiger partial charge in [0.2, 0.25) is 0 Å². The molecule has 0 saturated heterocycles. The van der Waals surface area contributed by atoms with Crippen LogP contribution in [0.15, 0.2) is 18.5 Å². The number of amides is 2. The summed E-state index contributed by atoms with van der Waals surface area (Å²) >= 11 is 0. The monoisotopic (exact) mass is 281 g/mol. The fourth-order valence-electron chi connectivity index (χ4n) is 1.44. The zero-order valence-electron chi connectivity index (χ0n) is 10.8. The van der Waals surface area contributed by atoms with Gasteiger partial charge in [0.1, 0.15) is 6.04 Å². The molecule has 0 aliphatic carbocycles. The van der Waals surface area contributed by atoms with Gasteiger partial charge in [-0.05, 0) is 25.0 Å². The maximum absolute atomic E-state index is 11.7. The molecule has 0 bridgehead atoms. The normalized spacial score (nSPS) is 11.4. The Hall–Kier alpha value is -2.64. The van der Waals surface area contributed by atoms with Crippen LogP contribution in [0.3, 0.4) is 0 Å². The quantitative estimate of drug-likeness (QED) is 0.611. The van der Waals surface area contributed by atoms with E-state index >= 15 is 0 Å². The average Bonchev–Trinajstić information content (AvgIpc) is 2.36. The molecular formula is C12H15N3O5. The maximum atomic E-state index is 11.7. The van der Waals surface area contributed by atoms with E-state index in [0.29, 0.717) is 5.69 Å². The molecule has 0 spiro atoms. The highest BCUT2D eigenvalue weighted by Gasteiger charge is 2.21. The second-order valence-corrected chi connectivity index (χ2v) is 4.11. The second-order valence-electron chi connectivity index (χ2n) is 4.11. The molecule has 20 heavy (non-hydrogen) atoms. The molecule has 2 amide bonds. The zero-order valence-corrected chi connectivity index (χ0v) is 10.8. The summed E-state index contributed by atoms with van der Waals surface area (Å²) < 4.78 is 0. The van der Waals surface area contributed by atoms with Crippen LogP contribution in [0.5, 0.6) is 0 Å². The lowest BCUT2D eigenvalue weighted by Crippen LogP contribution is -2.43. The lowest BCUT2D eigenvalue weighted by molar-refractivity contribution is -0.140. The molecule has 0 saturated carbocycles. The standard InChI is InChI=1S/C12H15N3O5/c1-7-4-5-13-6-9(7)15-12(20)14-8(11(18)19)2-3-10(16)17/h4-6,8H,2-3H2,1H3,(H,16,17)(H,18,19)(H2,14,15,20)/t8-/m0/s1. The van der Waals surface area contributed by atoms with Gasteiger partial charge in [-0.25, -0.2) is 9.59 Å². The summed E-state index contributed by atoms with van der Waals surface area (Å²) in [6, 6.07) is -0.295. The number of rotatable bonds is 6. The predicted molar refractivity (Wildman–Crippen MR) is 69.4 cm³/mol. The van der Waals surface area contributed by atoms with Crippen molar-refractivity contribution in [1.29, 1.82) is 0 Å². The zero-order chi connectivity index (χ0) is 15.1. The van der Waals surface area contributed by atoms with E-state index in [4.69, 9.17) is 10.2 Å². The van der Waals surface area contributed by atoms with E-state index in [1.54, 1.807) is 19.2 Å². The van der Waals surface area contributed by atoms with E-state index in [0.717, 1.165) is 5.56 Å². The van der Waals surface area contributed by atoms with E-state index in [1.807, 2.05) is 0 Å². The van der Waals surface area contributed by atoms with Gasteiger partial charge in [0.25, 0.3) is 0 Å². The van der Waals surface area contributed by atoms with E-state index in [2.05, 4.69) is 15.6 Å². The highest BCUT2D eigenvalue weighted by Crippen LogP contribution is 2.11. The van der Waals surface area contributed by atoms with Crippen molar-refractivity contribution >= 4 is 23.7 Å². The van der Waals surface area contributed by atoms with Crippen LogP contribution in [0.2, 0.25) is 0 Å². The van der Waals surface area contributed by atoms with Crippen LogP contribution < -0.4 is 10.6 Å². The molecule has 4 N–H and O–H groups in total. The number of hydrogen-bond acceptors (Lipinski definition) is 4. The van der Waals surface area contributed by atoms with E-state index < -0.39 is 24.0 Å². The summed E-state index contributed by atoms with van der Waals surface area (Å²) in [5.41, 5.74) is 1.22. The van der Waals surface area contributed by atoms with Gasteiger partial charge < -0.3 is 20.8 Å². The Bertz CT molecular complexity index is 518. The van der Waals surface area contributed by atoms with Crippen molar-refractivity contribution in [3.05, 3.63) is 24.0 Å². The molecule has 8 nitrogen and oxygen atoms in total. The molecule has 0 aliphatic heterocycles. The third-order valence-electron chi connectivity index (χ3n) is 2.54. The maximum Gasteiger partial charge on any atom is 0.326 e. The Balaban J connectivity index is 2.60. The van der Waals surface area contributed by atoms with Gasteiger partial charge in [0.15, 0.2) is 0 Å². The number of carbonyl (C=O) groups excluding carboxylic acids is 1. The summed E-state index contributed by atoms with van der Waals surface area (Å²) in [5.74, 6) is -2.41. The number of carbonyl (C=O) groups is 3. The molecule has 0 aliphatic rings. The predicted octanol–water partition coefficient (Wildman–Crippen LogP) is 0.830. The summed E-state index contributed by atoms with van der Waals surface area (Å²) in [7, 11) is 0. The van der Waals surface area contributed by atoms with Gasteiger partial charge in [-0.1, -0.05) is 0 Å². The Morgan fingerprint density at radius 3 is 2.60 bits per heavy atom. The minimum atomic E-state index is -1.29. The van der Waals surface area contributed by atoms with E-state index in [-0.39, 0.29) is 12.8 Å². The van der Waals surface area contributed by atoms with Gasteiger partial charge >= 0.3 is 18.0 Å². The Kier molecular flexibility index (Phi) is 5.45. The van der Waals surface area contributed by atoms with Crippen LogP contribution in [0.1, 0.15) is 18.4 Å². The highest BCUT2D eigenvalue weighted by atomic mass is 16.4. The molecule has 1 atom stereocenters. The van der Waals surface area contributed by atoms with Crippen molar-refractivity contribution in [2.75, 3.05) is 5.32 Å². The molecule has 0 aromatic carbocycles. The lowest BCUT2D eigenvalue weighted by atomic mass is 10.1. The smallest absolute Gasteiger partial charge is 0.326 e. The molecule has 1 heterocycles. The molecule has 1 aromatic rings. The number of pyridine rings is 1. The first-order valence-corrected chi connectivity index (χ1v) is 5.83. The number of aromatic nitrogens is 1. The molecular weight excluding hydrogens is 266 g/mol. The summed E-state index contributed by atoms with van der Waals surface area (Å²) in [4.78, 5) is 36.8. The molecule has 8 heteroatoms. The van der Waals surface area contributed by atoms with Crippen LogP contribution in [0.25, 0.3) is 0 Å². The first kappa shape index (κ1) is 15.4. The van der Waals surface area contributed by atoms with Crippen molar-refractivity contribution in [1.82, 2.24) is 10.3 Å². The molecule has 0 unspecified atom stereocenters. The van der Waals surface area contributed by atoms with Crippen LogP contribution in [-0.2, 0) is 9.59 Å². The largest absolute Gasteiger partial charge is 0.481 e. The number of anilines is 1. The fourth-order valence-corrected chi connectivity index (χ4v) is 1.44. The first-order valence-electron chi connectivity index (χ1n) is 5.83. The SMILES string of the molecule is Cc1ccncc1NC(=O)N[C@@H](CCC(=O)O)C(=O)O. The van der Waals surface area contributed by atoms with Crippen molar-refractivity contribution in [3.63, 3.8) is 0 Å². The van der Waals surface area contributed by atoms with Gasteiger partial charge in [-0.3, -0.25) is 9.78 Å². The van der Waals surface area contributed by atoms with Crippen LogP contribution >= 0.6 is 0 Å². The third-order valence-corrected chi connectivity index (χ3v) is 2.54. The van der Waals surface area contributed by atoms with Crippen LogP contribution in [-0.4, -0.2) is 39.2 Å². The van der Waals surface area contributed by atoms with Crippen molar-refractivity contribution < 1.29 is 24.6 Å². The minimum Gasteiger partial charge on any atom is -0.481 e.